The fourth-order valence-corrected chi connectivity index (χ4v) is 4.03. The SMILES string of the molecule is C=C1OC(C)(C)C(=O)C(c2nc(-c3ccc(Cl)c(F)c3)sc2CC)C1=O. The summed E-state index contributed by atoms with van der Waals surface area (Å²) in [6.07, 6.45) is 0.591. The lowest BCUT2D eigenvalue weighted by Gasteiger charge is -2.34. The third kappa shape index (κ3) is 3.08. The Labute approximate surface area is 159 Å². The molecule has 1 fully saturated rings. The molecule has 1 aromatic carbocycles. The van der Waals surface area contributed by atoms with Gasteiger partial charge in [0.2, 0.25) is 5.78 Å². The Morgan fingerprint density at radius 3 is 2.69 bits per heavy atom. The normalized spacial score (nSPS) is 19.6. The first-order chi connectivity index (χ1) is 12.2. The Morgan fingerprint density at radius 2 is 2.08 bits per heavy atom. The van der Waals surface area contributed by atoms with Crippen LogP contribution in [0.25, 0.3) is 10.6 Å². The molecule has 1 aliphatic heterocycles. The van der Waals surface area contributed by atoms with Gasteiger partial charge < -0.3 is 4.74 Å². The van der Waals surface area contributed by atoms with Gasteiger partial charge in [-0.25, -0.2) is 9.37 Å². The van der Waals surface area contributed by atoms with E-state index in [1.807, 2.05) is 6.92 Å². The molecular formula is C19H17ClFNO3S. The number of Topliss-reactive ketones (excluding diaryl/α,β-unsaturated/α-hetero) is 2. The van der Waals surface area contributed by atoms with E-state index in [9.17, 15) is 14.0 Å². The number of nitrogens with zero attached hydrogens (tertiary/aromatic N) is 1. The molecule has 1 atom stereocenters. The number of aromatic nitrogens is 1. The summed E-state index contributed by atoms with van der Waals surface area (Å²) in [5.74, 6) is -2.49. The van der Waals surface area contributed by atoms with Gasteiger partial charge in [-0.15, -0.1) is 11.3 Å². The van der Waals surface area contributed by atoms with E-state index in [1.54, 1.807) is 19.9 Å². The average Bonchev–Trinajstić information content (AvgIpc) is 3.00. The molecule has 1 aliphatic rings. The lowest BCUT2D eigenvalue weighted by Crippen LogP contribution is -2.47. The Kier molecular flexibility index (Phi) is 4.75. The first-order valence-electron chi connectivity index (χ1n) is 8.07. The van der Waals surface area contributed by atoms with Crippen molar-refractivity contribution in [3.05, 3.63) is 51.9 Å². The second-order valence-electron chi connectivity index (χ2n) is 6.51. The Hall–Kier alpha value is -2.05. The molecule has 1 unspecified atom stereocenters. The number of halogens is 2. The van der Waals surface area contributed by atoms with Crippen molar-refractivity contribution < 1.29 is 18.7 Å². The van der Waals surface area contributed by atoms with Gasteiger partial charge in [-0.05, 0) is 32.4 Å². The first-order valence-corrected chi connectivity index (χ1v) is 9.26. The van der Waals surface area contributed by atoms with Crippen molar-refractivity contribution in [1.29, 1.82) is 0 Å². The van der Waals surface area contributed by atoms with E-state index in [4.69, 9.17) is 16.3 Å². The molecule has 3 rings (SSSR count). The summed E-state index contributed by atoms with van der Waals surface area (Å²) in [4.78, 5) is 30.7. The van der Waals surface area contributed by atoms with Crippen LogP contribution in [-0.2, 0) is 20.7 Å². The van der Waals surface area contributed by atoms with Crippen molar-refractivity contribution in [2.75, 3.05) is 0 Å². The maximum absolute atomic E-state index is 13.8. The Balaban J connectivity index is 2.11. The summed E-state index contributed by atoms with van der Waals surface area (Å²) in [7, 11) is 0. The van der Waals surface area contributed by atoms with Gasteiger partial charge in [-0.1, -0.05) is 31.2 Å². The van der Waals surface area contributed by atoms with E-state index < -0.39 is 23.1 Å². The van der Waals surface area contributed by atoms with Gasteiger partial charge in [0, 0.05) is 10.4 Å². The average molecular weight is 394 g/mol. The van der Waals surface area contributed by atoms with Crippen LogP contribution in [-0.4, -0.2) is 22.2 Å². The van der Waals surface area contributed by atoms with Crippen LogP contribution < -0.4 is 0 Å². The van der Waals surface area contributed by atoms with Gasteiger partial charge in [0.1, 0.15) is 16.7 Å². The minimum Gasteiger partial charge on any atom is -0.477 e. The molecule has 0 radical (unpaired) electrons. The third-order valence-electron chi connectivity index (χ3n) is 4.26. The van der Waals surface area contributed by atoms with Gasteiger partial charge in [-0.3, -0.25) is 9.59 Å². The van der Waals surface area contributed by atoms with Gasteiger partial charge in [0.25, 0.3) is 0 Å². The van der Waals surface area contributed by atoms with Crippen LogP contribution in [0.3, 0.4) is 0 Å². The maximum atomic E-state index is 13.8. The fourth-order valence-electron chi connectivity index (χ4n) is 2.88. The number of hydrogen-bond donors (Lipinski definition) is 0. The van der Waals surface area contributed by atoms with Crippen LogP contribution in [0.5, 0.6) is 0 Å². The number of hydrogen-bond acceptors (Lipinski definition) is 5. The van der Waals surface area contributed by atoms with Crippen LogP contribution in [0.4, 0.5) is 4.39 Å². The Morgan fingerprint density at radius 1 is 1.38 bits per heavy atom. The number of aryl methyl sites for hydroxylation is 1. The van der Waals surface area contributed by atoms with Crippen molar-refractivity contribution in [2.45, 2.75) is 38.7 Å². The zero-order valence-electron chi connectivity index (χ0n) is 14.6. The van der Waals surface area contributed by atoms with E-state index in [2.05, 4.69) is 11.6 Å². The van der Waals surface area contributed by atoms with E-state index >= 15 is 0 Å². The predicted molar refractivity (Wildman–Crippen MR) is 99.0 cm³/mol. The molecule has 2 heterocycles. The molecule has 0 aliphatic carbocycles. The molecule has 0 amide bonds. The van der Waals surface area contributed by atoms with Gasteiger partial charge in [0.05, 0.1) is 10.7 Å². The number of carbonyl (C=O) groups is 2. The molecule has 7 heteroatoms. The lowest BCUT2D eigenvalue weighted by molar-refractivity contribution is -0.150. The summed E-state index contributed by atoms with van der Waals surface area (Å²) in [5, 5.41) is 0.553. The lowest BCUT2D eigenvalue weighted by atomic mass is 9.82. The number of rotatable bonds is 3. The summed E-state index contributed by atoms with van der Waals surface area (Å²) >= 11 is 7.06. The van der Waals surface area contributed by atoms with E-state index in [-0.39, 0.29) is 16.6 Å². The number of ketones is 2. The number of benzene rings is 1. The Bertz CT molecular complexity index is 935. The molecule has 0 saturated carbocycles. The summed E-state index contributed by atoms with van der Waals surface area (Å²) in [5.41, 5.74) is -0.213. The molecule has 2 aromatic rings. The van der Waals surface area contributed by atoms with Crippen molar-refractivity contribution in [2.24, 2.45) is 0 Å². The molecule has 0 N–H and O–H groups in total. The minimum atomic E-state index is -1.16. The quantitative estimate of drug-likeness (QED) is 0.559. The van der Waals surface area contributed by atoms with Crippen LogP contribution in [0.15, 0.2) is 30.5 Å². The third-order valence-corrected chi connectivity index (χ3v) is 5.83. The van der Waals surface area contributed by atoms with E-state index in [0.29, 0.717) is 22.7 Å². The summed E-state index contributed by atoms with van der Waals surface area (Å²) < 4.78 is 19.2. The highest BCUT2D eigenvalue weighted by Gasteiger charge is 2.48. The fraction of sp³-hybridized carbons (Fsp3) is 0.316. The predicted octanol–water partition coefficient (Wildman–Crippen LogP) is 4.71. The number of allylic oxidation sites excluding steroid dienone is 1. The van der Waals surface area contributed by atoms with Crippen molar-refractivity contribution >= 4 is 34.5 Å². The topological polar surface area (TPSA) is 56.3 Å². The van der Waals surface area contributed by atoms with Crippen molar-refractivity contribution in [3.63, 3.8) is 0 Å². The summed E-state index contributed by atoms with van der Waals surface area (Å²) in [6, 6.07) is 4.40. The zero-order valence-corrected chi connectivity index (χ0v) is 16.1. The summed E-state index contributed by atoms with van der Waals surface area (Å²) in [6.45, 7) is 8.75. The first kappa shape index (κ1) is 18.7. The maximum Gasteiger partial charge on any atom is 0.213 e. The van der Waals surface area contributed by atoms with Crippen LogP contribution in [0.1, 0.15) is 37.3 Å². The molecule has 1 aromatic heterocycles. The van der Waals surface area contributed by atoms with Crippen LogP contribution in [0.2, 0.25) is 5.02 Å². The zero-order chi connectivity index (χ0) is 19.2. The largest absolute Gasteiger partial charge is 0.477 e. The second-order valence-corrected chi connectivity index (χ2v) is 8.00. The highest BCUT2D eigenvalue weighted by molar-refractivity contribution is 7.15. The minimum absolute atomic E-state index is 0.0223. The molecular weight excluding hydrogens is 377 g/mol. The molecule has 0 spiro atoms. The van der Waals surface area contributed by atoms with Crippen LogP contribution in [0, 0.1) is 5.82 Å². The molecule has 136 valence electrons. The van der Waals surface area contributed by atoms with Gasteiger partial charge >= 0.3 is 0 Å². The van der Waals surface area contributed by atoms with Gasteiger partial charge in [0.15, 0.2) is 17.1 Å². The van der Waals surface area contributed by atoms with Crippen LogP contribution >= 0.6 is 22.9 Å². The van der Waals surface area contributed by atoms with Crippen molar-refractivity contribution in [3.8, 4) is 10.6 Å². The molecule has 0 bridgehead atoms. The molecule has 26 heavy (non-hydrogen) atoms. The number of carbonyl (C=O) groups excluding carboxylic acids is 2. The highest BCUT2D eigenvalue weighted by Crippen LogP contribution is 2.39. The number of ether oxygens (including phenoxy) is 1. The smallest absolute Gasteiger partial charge is 0.213 e. The molecule has 4 nitrogen and oxygen atoms in total. The van der Waals surface area contributed by atoms with E-state index in [0.717, 1.165) is 4.88 Å². The van der Waals surface area contributed by atoms with E-state index in [1.165, 1.54) is 23.5 Å². The molecule has 1 saturated heterocycles. The number of thiazole rings is 1. The second kappa shape index (κ2) is 6.59. The highest BCUT2D eigenvalue weighted by atomic mass is 35.5. The van der Waals surface area contributed by atoms with Crippen molar-refractivity contribution in [1.82, 2.24) is 4.98 Å². The monoisotopic (exact) mass is 393 g/mol. The standard InChI is InChI=1S/C19H17ClFNO3S/c1-5-13-15(14-16(23)9(2)25-19(3,4)17(14)24)22-18(26-13)10-6-7-11(20)12(21)8-10/h6-8,14H,2,5H2,1,3-4H3. The van der Waals surface area contributed by atoms with Gasteiger partial charge in [-0.2, -0.15) is 0 Å².